The molecule has 0 radical (unpaired) electrons. The second-order valence-corrected chi connectivity index (χ2v) is 5.07. The summed E-state index contributed by atoms with van der Waals surface area (Å²) in [4.78, 5) is 15.5. The minimum atomic E-state index is -0.263. The lowest BCUT2D eigenvalue weighted by atomic mass is 10.0. The SMILES string of the molecule is O=c1cc(-c2ccc(F)cc2)[nH]c2c1CCCCC2. The number of aryl methyl sites for hydroxylation is 1. The van der Waals surface area contributed by atoms with Gasteiger partial charge in [0.2, 0.25) is 0 Å². The highest BCUT2D eigenvalue weighted by atomic mass is 19.1. The minimum absolute atomic E-state index is 0.106. The molecule has 0 saturated heterocycles. The fourth-order valence-corrected chi connectivity index (χ4v) is 2.69. The Kier molecular flexibility index (Phi) is 3.20. The third-order valence-electron chi connectivity index (χ3n) is 3.73. The van der Waals surface area contributed by atoms with Gasteiger partial charge in [-0.1, -0.05) is 6.42 Å². The molecule has 1 heterocycles. The average Bonchev–Trinajstić information content (AvgIpc) is 2.65. The first-order valence-corrected chi connectivity index (χ1v) is 6.75. The van der Waals surface area contributed by atoms with Gasteiger partial charge in [0.25, 0.3) is 0 Å². The number of fused-ring (bicyclic) bond motifs is 1. The van der Waals surface area contributed by atoms with E-state index < -0.39 is 0 Å². The zero-order chi connectivity index (χ0) is 13.2. The zero-order valence-electron chi connectivity index (χ0n) is 10.7. The van der Waals surface area contributed by atoms with E-state index in [1.54, 1.807) is 18.2 Å². The van der Waals surface area contributed by atoms with Crippen molar-refractivity contribution in [3.05, 3.63) is 57.6 Å². The first kappa shape index (κ1) is 12.2. The van der Waals surface area contributed by atoms with Gasteiger partial charge in [0.1, 0.15) is 5.82 Å². The first-order valence-electron chi connectivity index (χ1n) is 6.75. The smallest absolute Gasteiger partial charge is 0.185 e. The molecule has 2 nitrogen and oxygen atoms in total. The lowest BCUT2D eigenvalue weighted by Gasteiger charge is -2.09. The molecule has 1 aromatic heterocycles. The van der Waals surface area contributed by atoms with E-state index in [0.29, 0.717) is 0 Å². The molecule has 1 aliphatic rings. The van der Waals surface area contributed by atoms with Crippen LogP contribution < -0.4 is 5.43 Å². The number of benzene rings is 1. The molecular weight excluding hydrogens is 241 g/mol. The van der Waals surface area contributed by atoms with Crippen molar-refractivity contribution in [1.29, 1.82) is 0 Å². The molecule has 0 atom stereocenters. The van der Waals surface area contributed by atoms with E-state index in [9.17, 15) is 9.18 Å². The number of nitrogens with one attached hydrogen (secondary N) is 1. The molecule has 98 valence electrons. The fourth-order valence-electron chi connectivity index (χ4n) is 2.69. The Morgan fingerprint density at radius 3 is 2.53 bits per heavy atom. The first-order chi connectivity index (χ1) is 9.24. The molecule has 0 aliphatic heterocycles. The van der Waals surface area contributed by atoms with Gasteiger partial charge in [-0.05, 0) is 55.5 Å². The largest absolute Gasteiger partial charge is 0.358 e. The lowest BCUT2D eigenvalue weighted by Crippen LogP contribution is -2.13. The maximum absolute atomic E-state index is 12.9. The van der Waals surface area contributed by atoms with E-state index >= 15 is 0 Å². The highest BCUT2D eigenvalue weighted by molar-refractivity contribution is 5.59. The van der Waals surface area contributed by atoms with Crippen molar-refractivity contribution in [2.75, 3.05) is 0 Å². The third kappa shape index (κ3) is 2.46. The van der Waals surface area contributed by atoms with Crippen molar-refractivity contribution in [2.45, 2.75) is 32.1 Å². The number of aromatic nitrogens is 1. The summed E-state index contributed by atoms with van der Waals surface area (Å²) >= 11 is 0. The molecule has 0 fully saturated rings. The highest BCUT2D eigenvalue weighted by Gasteiger charge is 2.13. The predicted molar refractivity (Wildman–Crippen MR) is 73.7 cm³/mol. The average molecular weight is 257 g/mol. The molecule has 3 heteroatoms. The van der Waals surface area contributed by atoms with Crippen LogP contribution in [0.2, 0.25) is 0 Å². The second-order valence-electron chi connectivity index (χ2n) is 5.07. The van der Waals surface area contributed by atoms with Gasteiger partial charge in [-0.15, -0.1) is 0 Å². The Morgan fingerprint density at radius 2 is 1.74 bits per heavy atom. The molecule has 3 rings (SSSR count). The molecule has 1 aliphatic carbocycles. The van der Waals surface area contributed by atoms with Gasteiger partial charge in [-0.25, -0.2) is 4.39 Å². The van der Waals surface area contributed by atoms with E-state index in [-0.39, 0.29) is 11.2 Å². The molecule has 0 saturated carbocycles. The molecular formula is C16H16FNO. The summed E-state index contributed by atoms with van der Waals surface area (Å²) in [5.41, 5.74) is 3.74. The van der Waals surface area contributed by atoms with Crippen LogP contribution in [0.25, 0.3) is 11.3 Å². The monoisotopic (exact) mass is 257 g/mol. The summed E-state index contributed by atoms with van der Waals surface area (Å²) in [6.07, 6.45) is 5.18. The van der Waals surface area contributed by atoms with Gasteiger partial charge in [-0.2, -0.15) is 0 Å². The van der Waals surface area contributed by atoms with Gasteiger partial charge in [0.15, 0.2) is 5.43 Å². The van der Waals surface area contributed by atoms with Crippen molar-refractivity contribution in [3.63, 3.8) is 0 Å². The van der Waals surface area contributed by atoms with Crippen molar-refractivity contribution in [3.8, 4) is 11.3 Å². The van der Waals surface area contributed by atoms with Crippen molar-refractivity contribution >= 4 is 0 Å². The Bertz CT molecular complexity index is 643. The van der Waals surface area contributed by atoms with Crippen molar-refractivity contribution < 1.29 is 4.39 Å². The summed E-state index contributed by atoms with van der Waals surface area (Å²) in [7, 11) is 0. The Morgan fingerprint density at radius 1 is 1.00 bits per heavy atom. The summed E-state index contributed by atoms with van der Waals surface area (Å²) in [5, 5.41) is 0. The number of aromatic amines is 1. The summed E-state index contributed by atoms with van der Waals surface area (Å²) < 4.78 is 12.9. The van der Waals surface area contributed by atoms with E-state index in [1.807, 2.05) is 0 Å². The zero-order valence-corrected chi connectivity index (χ0v) is 10.7. The molecule has 2 aromatic rings. The maximum Gasteiger partial charge on any atom is 0.185 e. The van der Waals surface area contributed by atoms with Gasteiger partial charge in [0, 0.05) is 23.0 Å². The quantitative estimate of drug-likeness (QED) is 0.780. The van der Waals surface area contributed by atoms with Crippen LogP contribution in [0.3, 0.4) is 0 Å². The lowest BCUT2D eigenvalue weighted by molar-refractivity contribution is 0.628. The molecule has 0 amide bonds. The molecule has 0 unspecified atom stereocenters. The number of pyridine rings is 1. The Labute approximate surface area is 111 Å². The van der Waals surface area contributed by atoms with E-state index in [2.05, 4.69) is 4.98 Å². The fraction of sp³-hybridized carbons (Fsp3) is 0.312. The van der Waals surface area contributed by atoms with E-state index in [4.69, 9.17) is 0 Å². The van der Waals surface area contributed by atoms with E-state index in [0.717, 1.165) is 48.2 Å². The summed E-state index contributed by atoms with van der Waals surface area (Å²) in [6.45, 7) is 0. The number of halogens is 1. The third-order valence-corrected chi connectivity index (χ3v) is 3.73. The van der Waals surface area contributed by atoms with Crippen molar-refractivity contribution in [1.82, 2.24) is 4.98 Å². The van der Waals surface area contributed by atoms with Gasteiger partial charge in [-0.3, -0.25) is 4.79 Å². The topological polar surface area (TPSA) is 32.9 Å². The minimum Gasteiger partial charge on any atom is -0.358 e. The van der Waals surface area contributed by atoms with Crippen molar-refractivity contribution in [2.24, 2.45) is 0 Å². The van der Waals surface area contributed by atoms with E-state index in [1.165, 1.54) is 18.6 Å². The normalized spacial score (nSPS) is 14.8. The summed E-state index contributed by atoms with van der Waals surface area (Å²) in [6, 6.07) is 7.86. The summed E-state index contributed by atoms with van der Waals surface area (Å²) in [5.74, 6) is -0.263. The Balaban J connectivity index is 2.08. The number of hydrogen-bond acceptors (Lipinski definition) is 1. The molecule has 19 heavy (non-hydrogen) atoms. The highest BCUT2D eigenvalue weighted by Crippen LogP contribution is 2.21. The van der Waals surface area contributed by atoms with Crippen LogP contribution in [-0.4, -0.2) is 4.98 Å². The number of hydrogen-bond donors (Lipinski definition) is 1. The van der Waals surface area contributed by atoms with Crippen LogP contribution in [0, 0.1) is 5.82 Å². The second kappa shape index (κ2) is 5.00. The molecule has 0 spiro atoms. The van der Waals surface area contributed by atoms with Gasteiger partial charge in [0.05, 0.1) is 0 Å². The van der Waals surface area contributed by atoms with Crippen LogP contribution >= 0.6 is 0 Å². The van der Waals surface area contributed by atoms with Gasteiger partial charge >= 0.3 is 0 Å². The molecule has 1 N–H and O–H groups in total. The predicted octanol–water partition coefficient (Wildman–Crippen LogP) is 3.45. The molecule has 1 aromatic carbocycles. The van der Waals surface area contributed by atoms with Crippen LogP contribution in [-0.2, 0) is 12.8 Å². The van der Waals surface area contributed by atoms with Gasteiger partial charge < -0.3 is 4.98 Å². The van der Waals surface area contributed by atoms with Crippen LogP contribution in [0.5, 0.6) is 0 Å². The molecule has 0 bridgehead atoms. The van der Waals surface area contributed by atoms with Crippen LogP contribution in [0.15, 0.2) is 35.1 Å². The standard InChI is InChI=1S/C16H16FNO/c17-12-8-6-11(7-9-12)15-10-16(19)13-4-2-1-3-5-14(13)18-15/h6-10H,1-5H2,(H,18,19). The van der Waals surface area contributed by atoms with Crippen LogP contribution in [0.4, 0.5) is 4.39 Å². The maximum atomic E-state index is 12.9. The number of H-pyrrole nitrogens is 1. The van der Waals surface area contributed by atoms with Crippen LogP contribution in [0.1, 0.15) is 30.5 Å². The number of rotatable bonds is 1. The Hall–Kier alpha value is -1.90.